The van der Waals surface area contributed by atoms with Crippen LogP contribution in [0, 0.1) is 5.82 Å². The fourth-order valence-corrected chi connectivity index (χ4v) is 2.12. The largest absolute Gasteiger partial charge is 0.487 e. The molecular formula is C13H19FN2O. The van der Waals surface area contributed by atoms with Crippen molar-refractivity contribution in [3.05, 3.63) is 24.0 Å². The molecule has 94 valence electrons. The minimum atomic E-state index is -0.373. The molecular weight excluding hydrogens is 219 g/mol. The molecule has 1 aliphatic rings. The molecule has 17 heavy (non-hydrogen) atoms. The first kappa shape index (κ1) is 12.2. The zero-order valence-electron chi connectivity index (χ0n) is 10.2. The maximum Gasteiger partial charge on any atom is 0.167 e. The van der Waals surface area contributed by atoms with Crippen LogP contribution in [-0.2, 0) is 0 Å². The minimum absolute atomic E-state index is 0.109. The van der Waals surface area contributed by atoms with E-state index < -0.39 is 0 Å². The van der Waals surface area contributed by atoms with Crippen LogP contribution in [0.2, 0.25) is 0 Å². The lowest BCUT2D eigenvalue weighted by Crippen LogP contribution is -2.21. The smallest absolute Gasteiger partial charge is 0.167 e. The lowest BCUT2D eigenvalue weighted by atomic mass is 10.1. The van der Waals surface area contributed by atoms with E-state index in [-0.39, 0.29) is 11.9 Å². The summed E-state index contributed by atoms with van der Waals surface area (Å²) in [4.78, 5) is 2.28. The zero-order chi connectivity index (χ0) is 12.3. The molecule has 1 aliphatic heterocycles. The Morgan fingerprint density at radius 1 is 1.35 bits per heavy atom. The summed E-state index contributed by atoms with van der Waals surface area (Å²) in [6, 6.07) is 4.58. The van der Waals surface area contributed by atoms with Gasteiger partial charge in [0.25, 0.3) is 0 Å². The van der Waals surface area contributed by atoms with Gasteiger partial charge in [-0.25, -0.2) is 4.39 Å². The lowest BCUT2D eigenvalue weighted by molar-refractivity contribution is 0.175. The number of rotatable bonds is 2. The Balaban J connectivity index is 2.00. The Morgan fingerprint density at radius 3 is 2.94 bits per heavy atom. The van der Waals surface area contributed by atoms with E-state index in [2.05, 4.69) is 11.9 Å². The SMILES string of the molecule is CN1CCCC(Oc2ccc(N)cc2F)CC1. The highest BCUT2D eigenvalue weighted by Crippen LogP contribution is 2.23. The van der Waals surface area contributed by atoms with E-state index in [9.17, 15) is 4.39 Å². The maximum absolute atomic E-state index is 13.6. The second kappa shape index (κ2) is 5.36. The van der Waals surface area contributed by atoms with Crippen molar-refractivity contribution in [2.24, 2.45) is 0 Å². The van der Waals surface area contributed by atoms with Gasteiger partial charge in [0.2, 0.25) is 0 Å². The van der Waals surface area contributed by atoms with Crippen molar-refractivity contribution in [2.45, 2.75) is 25.4 Å². The van der Waals surface area contributed by atoms with Gasteiger partial charge in [-0.1, -0.05) is 0 Å². The highest BCUT2D eigenvalue weighted by molar-refractivity contribution is 5.42. The van der Waals surface area contributed by atoms with Crippen LogP contribution in [0.15, 0.2) is 18.2 Å². The van der Waals surface area contributed by atoms with E-state index in [0.717, 1.165) is 32.4 Å². The third kappa shape index (κ3) is 3.33. The van der Waals surface area contributed by atoms with Gasteiger partial charge in [0.05, 0.1) is 0 Å². The number of halogens is 1. The number of anilines is 1. The number of ether oxygens (including phenoxy) is 1. The molecule has 1 atom stereocenters. The average molecular weight is 238 g/mol. The Kier molecular flexibility index (Phi) is 3.84. The fourth-order valence-electron chi connectivity index (χ4n) is 2.12. The van der Waals surface area contributed by atoms with Crippen LogP contribution in [0.1, 0.15) is 19.3 Å². The van der Waals surface area contributed by atoms with Crippen molar-refractivity contribution < 1.29 is 9.13 Å². The molecule has 1 aromatic rings. The first-order valence-corrected chi connectivity index (χ1v) is 6.05. The van der Waals surface area contributed by atoms with E-state index in [1.165, 1.54) is 6.07 Å². The molecule has 1 unspecified atom stereocenters. The van der Waals surface area contributed by atoms with Crippen molar-refractivity contribution in [3.8, 4) is 5.75 Å². The van der Waals surface area contributed by atoms with Gasteiger partial charge in [0.1, 0.15) is 6.10 Å². The van der Waals surface area contributed by atoms with E-state index in [1.807, 2.05) is 0 Å². The zero-order valence-corrected chi connectivity index (χ0v) is 10.2. The molecule has 2 N–H and O–H groups in total. The van der Waals surface area contributed by atoms with Gasteiger partial charge in [-0.15, -0.1) is 0 Å². The molecule has 0 saturated carbocycles. The topological polar surface area (TPSA) is 38.5 Å². The summed E-state index contributed by atoms with van der Waals surface area (Å²) in [7, 11) is 2.10. The van der Waals surface area contributed by atoms with Crippen LogP contribution in [-0.4, -0.2) is 31.1 Å². The molecule has 1 aromatic carbocycles. The first-order chi connectivity index (χ1) is 8.15. The molecule has 0 radical (unpaired) electrons. The van der Waals surface area contributed by atoms with Crippen LogP contribution in [0.25, 0.3) is 0 Å². The molecule has 1 saturated heterocycles. The Hall–Kier alpha value is -1.29. The summed E-state index contributed by atoms with van der Waals surface area (Å²) in [6.07, 6.45) is 3.13. The number of likely N-dealkylation sites (tertiary alicyclic amines) is 1. The van der Waals surface area contributed by atoms with Gasteiger partial charge in [0, 0.05) is 18.3 Å². The first-order valence-electron chi connectivity index (χ1n) is 6.05. The summed E-state index contributed by atoms with van der Waals surface area (Å²) in [5, 5.41) is 0. The normalized spacial score (nSPS) is 22.1. The molecule has 0 spiro atoms. The number of nitrogens with two attached hydrogens (primary N) is 1. The molecule has 4 heteroatoms. The molecule has 1 fully saturated rings. The number of hydrogen-bond donors (Lipinski definition) is 1. The molecule has 1 heterocycles. The maximum atomic E-state index is 13.6. The van der Waals surface area contributed by atoms with Crippen LogP contribution in [0.4, 0.5) is 10.1 Å². The quantitative estimate of drug-likeness (QED) is 0.803. The molecule has 0 amide bonds. The average Bonchev–Trinajstić information content (AvgIpc) is 2.48. The third-order valence-electron chi connectivity index (χ3n) is 3.15. The Morgan fingerprint density at radius 2 is 2.18 bits per heavy atom. The Labute approximate surface area is 101 Å². The standard InChI is InChI=1S/C13H19FN2O/c1-16-7-2-3-11(6-8-16)17-13-5-4-10(15)9-12(13)14/h4-5,9,11H,2-3,6-8,15H2,1H3. The van der Waals surface area contributed by atoms with Crippen molar-refractivity contribution >= 4 is 5.69 Å². The van der Waals surface area contributed by atoms with Gasteiger partial charge in [-0.2, -0.15) is 0 Å². The van der Waals surface area contributed by atoms with Crippen molar-refractivity contribution in [1.82, 2.24) is 4.90 Å². The van der Waals surface area contributed by atoms with E-state index in [4.69, 9.17) is 10.5 Å². The van der Waals surface area contributed by atoms with Crippen LogP contribution in [0.3, 0.4) is 0 Å². The predicted molar refractivity (Wildman–Crippen MR) is 66.6 cm³/mol. The highest BCUT2D eigenvalue weighted by Gasteiger charge is 2.17. The minimum Gasteiger partial charge on any atom is -0.487 e. The molecule has 0 aromatic heterocycles. The molecule has 0 aliphatic carbocycles. The second-order valence-corrected chi connectivity index (χ2v) is 4.66. The van der Waals surface area contributed by atoms with E-state index >= 15 is 0 Å². The van der Waals surface area contributed by atoms with E-state index in [0.29, 0.717) is 11.4 Å². The number of benzene rings is 1. The number of hydrogen-bond acceptors (Lipinski definition) is 3. The summed E-state index contributed by atoms with van der Waals surface area (Å²) < 4.78 is 19.3. The van der Waals surface area contributed by atoms with Crippen LogP contribution >= 0.6 is 0 Å². The molecule has 0 bridgehead atoms. The summed E-state index contributed by atoms with van der Waals surface area (Å²) in [5.74, 6) is -0.0589. The van der Waals surface area contributed by atoms with Crippen LogP contribution < -0.4 is 10.5 Å². The predicted octanol–water partition coefficient (Wildman–Crippen LogP) is 2.27. The summed E-state index contributed by atoms with van der Waals surface area (Å²) >= 11 is 0. The Bertz CT molecular complexity index is 384. The van der Waals surface area contributed by atoms with Crippen LogP contribution in [0.5, 0.6) is 5.75 Å². The second-order valence-electron chi connectivity index (χ2n) is 4.66. The number of nitrogens with zero attached hydrogens (tertiary/aromatic N) is 1. The summed E-state index contributed by atoms with van der Waals surface area (Å²) in [6.45, 7) is 2.09. The van der Waals surface area contributed by atoms with Gasteiger partial charge in [0.15, 0.2) is 11.6 Å². The fraction of sp³-hybridized carbons (Fsp3) is 0.538. The highest BCUT2D eigenvalue weighted by atomic mass is 19.1. The molecule has 2 rings (SSSR count). The lowest BCUT2D eigenvalue weighted by Gasteiger charge is -2.17. The summed E-state index contributed by atoms with van der Waals surface area (Å²) in [5.41, 5.74) is 5.93. The van der Waals surface area contributed by atoms with Crippen molar-refractivity contribution in [2.75, 3.05) is 25.9 Å². The van der Waals surface area contributed by atoms with E-state index in [1.54, 1.807) is 12.1 Å². The van der Waals surface area contributed by atoms with Gasteiger partial charge >= 0.3 is 0 Å². The third-order valence-corrected chi connectivity index (χ3v) is 3.15. The molecule has 3 nitrogen and oxygen atoms in total. The monoisotopic (exact) mass is 238 g/mol. The van der Waals surface area contributed by atoms with Gasteiger partial charge < -0.3 is 15.4 Å². The van der Waals surface area contributed by atoms with Crippen molar-refractivity contribution in [1.29, 1.82) is 0 Å². The van der Waals surface area contributed by atoms with Crippen molar-refractivity contribution in [3.63, 3.8) is 0 Å². The number of nitrogen functional groups attached to an aromatic ring is 1. The van der Waals surface area contributed by atoms with Gasteiger partial charge in [-0.05, 0) is 45.0 Å². The van der Waals surface area contributed by atoms with Gasteiger partial charge in [-0.3, -0.25) is 0 Å².